The maximum atomic E-state index is 12.4. The van der Waals surface area contributed by atoms with Crippen LogP contribution in [0.2, 0.25) is 0 Å². The van der Waals surface area contributed by atoms with Gasteiger partial charge >= 0.3 is 0 Å². The lowest BCUT2D eigenvalue weighted by Gasteiger charge is -2.38. The Labute approximate surface area is 190 Å². The predicted octanol–water partition coefficient (Wildman–Crippen LogP) is 3.54. The van der Waals surface area contributed by atoms with E-state index in [2.05, 4.69) is 69.0 Å². The van der Waals surface area contributed by atoms with E-state index in [4.69, 9.17) is 0 Å². The molecule has 2 amide bonds. The van der Waals surface area contributed by atoms with Gasteiger partial charge in [-0.25, -0.2) is 0 Å². The van der Waals surface area contributed by atoms with E-state index in [1.807, 2.05) is 24.3 Å². The first-order valence-electron chi connectivity index (χ1n) is 10.1. The van der Waals surface area contributed by atoms with E-state index in [0.717, 1.165) is 35.4 Å². The number of rotatable bonds is 4. The molecular weight excluding hydrogens is 491 g/mol. The Balaban J connectivity index is 1.47. The minimum absolute atomic E-state index is 0.356. The predicted molar refractivity (Wildman–Crippen MR) is 129 cm³/mol. The summed E-state index contributed by atoms with van der Waals surface area (Å²) < 4.78 is 0.974. The molecule has 0 aromatic heterocycles. The molecule has 0 aliphatic carbocycles. The zero-order valence-electron chi connectivity index (χ0n) is 17.1. The van der Waals surface area contributed by atoms with Crippen molar-refractivity contribution in [1.82, 2.24) is 10.2 Å². The van der Waals surface area contributed by atoms with Crippen LogP contribution in [0, 0.1) is 3.57 Å². The number of carbonyl (C=O) groups is 2. The van der Waals surface area contributed by atoms with Crippen molar-refractivity contribution in [2.45, 2.75) is 19.9 Å². The highest BCUT2D eigenvalue weighted by Gasteiger charge is 2.27. The quantitative estimate of drug-likeness (QED) is 0.370. The Bertz CT molecular complexity index is 993. The third kappa shape index (κ3) is 4.37. The molecule has 0 unspecified atom stereocenters. The molecule has 2 N–H and O–H groups in total. The van der Waals surface area contributed by atoms with E-state index in [1.165, 1.54) is 5.69 Å². The fraction of sp³-hybridized carbons (Fsp3) is 0.304. The number of benzene rings is 2. The lowest BCUT2D eigenvalue weighted by molar-refractivity contribution is -0.114. The van der Waals surface area contributed by atoms with Crippen molar-refractivity contribution >= 4 is 51.4 Å². The van der Waals surface area contributed by atoms with Gasteiger partial charge in [0.2, 0.25) is 0 Å². The van der Waals surface area contributed by atoms with E-state index >= 15 is 0 Å². The van der Waals surface area contributed by atoms with E-state index in [0.29, 0.717) is 22.7 Å². The van der Waals surface area contributed by atoms with Crippen molar-refractivity contribution in [3.63, 3.8) is 0 Å². The Kier molecular flexibility index (Phi) is 6.10. The topological polar surface area (TPSA) is 64.7 Å². The molecule has 2 aromatic carbocycles. The summed E-state index contributed by atoms with van der Waals surface area (Å²) in [6, 6.07) is 14.3. The van der Waals surface area contributed by atoms with Crippen LogP contribution in [0.5, 0.6) is 0 Å². The van der Waals surface area contributed by atoms with E-state index in [9.17, 15) is 9.59 Å². The highest BCUT2D eigenvalue weighted by molar-refractivity contribution is 14.1. The van der Waals surface area contributed by atoms with E-state index < -0.39 is 0 Å². The van der Waals surface area contributed by atoms with Crippen LogP contribution in [0.25, 0.3) is 5.57 Å². The highest BCUT2D eigenvalue weighted by atomic mass is 127. The zero-order chi connectivity index (χ0) is 21.3. The van der Waals surface area contributed by atoms with Gasteiger partial charge < -0.3 is 10.2 Å². The first-order chi connectivity index (χ1) is 14.4. The summed E-state index contributed by atoms with van der Waals surface area (Å²) in [6.07, 6.45) is 1.67. The SMILES string of the molecule is CC(C)N1CCN(c2ccc(NC=C3C(=O)NC(=O)c4ccc(I)cc43)cc2)CC1. The minimum Gasteiger partial charge on any atom is -0.369 e. The van der Waals surface area contributed by atoms with Crippen LogP contribution in [0.15, 0.2) is 48.7 Å². The Hall–Kier alpha value is -2.39. The zero-order valence-corrected chi connectivity index (χ0v) is 19.3. The molecule has 0 bridgehead atoms. The van der Waals surface area contributed by atoms with Gasteiger partial charge in [-0.05, 0) is 78.9 Å². The van der Waals surface area contributed by atoms with E-state index in [-0.39, 0.29) is 11.8 Å². The molecule has 2 aliphatic heterocycles. The number of hydrogen-bond donors (Lipinski definition) is 2. The highest BCUT2D eigenvalue weighted by Crippen LogP contribution is 2.27. The molecule has 2 heterocycles. The second kappa shape index (κ2) is 8.77. The molecule has 156 valence electrons. The number of carbonyl (C=O) groups excluding carboxylic acids is 2. The number of fused-ring (bicyclic) bond motifs is 1. The average Bonchev–Trinajstić information content (AvgIpc) is 2.74. The Morgan fingerprint density at radius 1 is 0.967 bits per heavy atom. The van der Waals surface area contributed by atoms with Crippen molar-refractivity contribution in [1.29, 1.82) is 0 Å². The Morgan fingerprint density at radius 3 is 2.33 bits per heavy atom. The lowest BCUT2D eigenvalue weighted by Crippen LogP contribution is -2.48. The summed E-state index contributed by atoms with van der Waals surface area (Å²) in [5, 5.41) is 5.61. The van der Waals surface area contributed by atoms with E-state index in [1.54, 1.807) is 12.3 Å². The average molecular weight is 516 g/mol. The van der Waals surface area contributed by atoms with Gasteiger partial charge in [0, 0.05) is 64.5 Å². The van der Waals surface area contributed by atoms with Gasteiger partial charge in [-0.15, -0.1) is 0 Å². The summed E-state index contributed by atoms with van der Waals surface area (Å²) in [5.74, 6) is -0.743. The van der Waals surface area contributed by atoms with Crippen LogP contribution in [0.3, 0.4) is 0 Å². The number of halogens is 1. The molecule has 2 aliphatic rings. The molecule has 1 fully saturated rings. The van der Waals surface area contributed by atoms with Crippen LogP contribution in [-0.4, -0.2) is 48.9 Å². The second-order valence-corrected chi connectivity index (χ2v) is 9.08. The second-order valence-electron chi connectivity index (χ2n) is 7.84. The molecular formula is C23H25IN4O2. The van der Waals surface area contributed by atoms with Crippen LogP contribution in [0.4, 0.5) is 11.4 Å². The summed E-state index contributed by atoms with van der Waals surface area (Å²) in [4.78, 5) is 29.4. The van der Waals surface area contributed by atoms with Gasteiger partial charge in [0.1, 0.15) is 0 Å². The minimum atomic E-state index is -0.387. The van der Waals surface area contributed by atoms with Gasteiger partial charge in [-0.1, -0.05) is 0 Å². The monoisotopic (exact) mass is 516 g/mol. The number of amides is 2. The molecule has 6 nitrogen and oxygen atoms in total. The number of piperazine rings is 1. The smallest absolute Gasteiger partial charge is 0.260 e. The molecule has 0 spiro atoms. The van der Waals surface area contributed by atoms with Crippen LogP contribution < -0.4 is 15.5 Å². The molecule has 0 radical (unpaired) electrons. The standard InChI is InChI=1S/C23H25IN4O2/c1-15(2)27-9-11-28(12-10-27)18-6-4-17(5-7-18)25-14-21-20-13-16(24)3-8-19(20)22(29)26-23(21)30/h3-8,13-15,25H,9-12H2,1-2H3,(H,26,29,30). The molecule has 4 rings (SSSR count). The molecule has 0 saturated carbocycles. The number of imide groups is 1. The van der Waals surface area contributed by atoms with Crippen molar-refractivity contribution in [3.8, 4) is 0 Å². The number of nitrogens with zero attached hydrogens (tertiary/aromatic N) is 2. The first kappa shape index (κ1) is 20.9. The third-order valence-corrected chi connectivity index (χ3v) is 6.32. The lowest BCUT2D eigenvalue weighted by atomic mass is 9.95. The summed E-state index contributed by atoms with van der Waals surface area (Å²) in [5.41, 5.74) is 3.72. The first-order valence-corrected chi connectivity index (χ1v) is 11.2. The van der Waals surface area contributed by atoms with Gasteiger partial charge in [0.15, 0.2) is 0 Å². The normalized spacial score (nSPS) is 18.5. The van der Waals surface area contributed by atoms with Gasteiger partial charge in [-0.2, -0.15) is 0 Å². The van der Waals surface area contributed by atoms with Gasteiger partial charge in [0.05, 0.1) is 5.57 Å². The van der Waals surface area contributed by atoms with Crippen molar-refractivity contribution in [2.24, 2.45) is 0 Å². The molecule has 30 heavy (non-hydrogen) atoms. The van der Waals surface area contributed by atoms with Crippen LogP contribution in [0.1, 0.15) is 29.8 Å². The molecule has 2 aromatic rings. The van der Waals surface area contributed by atoms with Gasteiger partial charge in [0.25, 0.3) is 11.8 Å². The van der Waals surface area contributed by atoms with Crippen LogP contribution in [-0.2, 0) is 4.79 Å². The van der Waals surface area contributed by atoms with Crippen molar-refractivity contribution < 1.29 is 9.59 Å². The third-order valence-electron chi connectivity index (χ3n) is 5.65. The van der Waals surface area contributed by atoms with Gasteiger partial charge in [-0.3, -0.25) is 19.8 Å². The maximum Gasteiger partial charge on any atom is 0.260 e. The summed E-state index contributed by atoms with van der Waals surface area (Å²) in [6.45, 7) is 8.70. The maximum absolute atomic E-state index is 12.4. The fourth-order valence-electron chi connectivity index (χ4n) is 3.86. The van der Waals surface area contributed by atoms with Crippen LogP contribution >= 0.6 is 22.6 Å². The summed E-state index contributed by atoms with van der Waals surface area (Å²) >= 11 is 2.18. The fourth-order valence-corrected chi connectivity index (χ4v) is 4.35. The largest absolute Gasteiger partial charge is 0.369 e. The summed E-state index contributed by atoms with van der Waals surface area (Å²) in [7, 11) is 0. The molecule has 7 heteroatoms. The molecule has 1 saturated heterocycles. The number of anilines is 2. The number of nitrogens with one attached hydrogen (secondary N) is 2. The number of hydrogen-bond acceptors (Lipinski definition) is 5. The van der Waals surface area contributed by atoms with Crippen molar-refractivity contribution in [2.75, 3.05) is 36.4 Å². The van der Waals surface area contributed by atoms with Crippen molar-refractivity contribution in [3.05, 3.63) is 63.4 Å². The Morgan fingerprint density at radius 2 is 1.67 bits per heavy atom. The molecule has 0 atom stereocenters.